The molecule has 0 aromatic heterocycles. The average Bonchev–Trinajstić information content (AvgIpc) is 2.86. The number of nitrogens with zero attached hydrogens (tertiary/aromatic N) is 2. The molecule has 128 valence electrons. The van der Waals surface area contributed by atoms with Gasteiger partial charge in [-0.25, -0.2) is 4.99 Å². The fourth-order valence-corrected chi connectivity index (χ4v) is 3.74. The van der Waals surface area contributed by atoms with Gasteiger partial charge in [0.25, 0.3) is 0 Å². The maximum absolute atomic E-state index is 12.4. The molecule has 1 fully saturated rings. The maximum atomic E-state index is 12.4. The van der Waals surface area contributed by atoms with Gasteiger partial charge in [-0.3, -0.25) is 14.5 Å². The first kappa shape index (κ1) is 17.7. The van der Waals surface area contributed by atoms with Crippen molar-refractivity contribution in [1.29, 1.82) is 0 Å². The first-order chi connectivity index (χ1) is 12.0. The van der Waals surface area contributed by atoms with Gasteiger partial charge in [-0.2, -0.15) is 0 Å². The van der Waals surface area contributed by atoms with Gasteiger partial charge in [0.05, 0.1) is 5.69 Å². The second-order valence-electron chi connectivity index (χ2n) is 5.49. The zero-order valence-corrected chi connectivity index (χ0v) is 15.9. The van der Waals surface area contributed by atoms with Crippen molar-refractivity contribution in [3.8, 4) is 0 Å². The fraction of sp³-hybridized carbons (Fsp3) is 0.167. The van der Waals surface area contributed by atoms with E-state index in [9.17, 15) is 9.59 Å². The summed E-state index contributed by atoms with van der Waals surface area (Å²) >= 11 is 4.70. The van der Waals surface area contributed by atoms with Gasteiger partial charge in [0, 0.05) is 23.6 Å². The van der Waals surface area contributed by atoms with Crippen molar-refractivity contribution in [2.24, 2.45) is 4.99 Å². The van der Waals surface area contributed by atoms with Gasteiger partial charge >= 0.3 is 0 Å². The highest BCUT2D eigenvalue weighted by Crippen LogP contribution is 2.31. The van der Waals surface area contributed by atoms with Gasteiger partial charge in [0.15, 0.2) is 5.17 Å². The van der Waals surface area contributed by atoms with Crippen LogP contribution in [0.4, 0.5) is 11.4 Å². The van der Waals surface area contributed by atoms with Crippen LogP contribution in [0.15, 0.2) is 64.1 Å². The smallest absolute Gasteiger partial charge is 0.242 e. The number of amidine groups is 1. The SMILES string of the molecule is CN1C(=O)C(CC(=O)Nc2ccccc2)SC1=Nc1ccc(Br)cc1. The number of nitrogens with one attached hydrogen (secondary N) is 1. The Kier molecular flexibility index (Phi) is 5.55. The van der Waals surface area contributed by atoms with E-state index in [1.165, 1.54) is 16.7 Å². The number of rotatable bonds is 4. The zero-order valence-electron chi connectivity index (χ0n) is 13.5. The third-order valence-corrected chi connectivity index (χ3v) is 5.38. The Balaban J connectivity index is 1.66. The van der Waals surface area contributed by atoms with E-state index in [4.69, 9.17) is 0 Å². The highest BCUT2D eigenvalue weighted by Gasteiger charge is 2.36. The van der Waals surface area contributed by atoms with E-state index in [0.717, 1.165) is 15.8 Å². The van der Waals surface area contributed by atoms with E-state index in [1.807, 2.05) is 54.6 Å². The number of hydrogen-bond donors (Lipinski definition) is 1. The van der Waals surface area contributed by atoms with Crippen LogP contribution in [0.1, 0.15) is 6.42 Å². The molecule has 2 aromatic carbocycles. The van der Waals surface area contributed by atoms with E-state index >= 15 is 0 Å². The van der Waals surface area contributed by atoms with Crippen LogP contribution in [-0.2, 0) is 9.59 Å². The van der Waals surface area contributed by atoms with Crippen molar-refractivity contribution in [2.45, 2.75) is 11.7 Å². The summed E-state index contributed by atoms with van der Waals surface area (Å²) in [5.74, 6) is -0.292. The van der Waals surface area contributed by atoms with Gasteiger partial charge < -0.3 is 5.32 Å². The molecular weight excluding hydrogens is 402 g/mol. The minimum absolute atomic E-state index is 0.107. The number of halogens is 1. The van der Waals surface area contributed by atoms with Crippen molar-refractivity contribution in [2.75, 3.05) is 12.4 Å². The topological polar surface area (TPSA) is 61.8 Å². The Morgan fingerprint density at radius 1 is 1.20 bits per heavy atom. The molecule has 2 amide bonds. The molecule has 25 heavy (non-hydrogen) atoms. The molecule has 0 saturated carbocycles. The van der Waals surface area contributed by atoms with Crippen LogP contribution >= 0.6 is 27.7 Å². The number of para-hydroxylation sites is 1. The number of carbonyl (C=O) groups excluding carboxylic acids is 2. The Labute approximate surface area is 158 Å². The van der Waals surface area contributed by atoms with Crippen LogP contribution in [0.25, 0.3) is 0 Å². The third kappa shape index (κ3) is 4.49. The van der Waals surface area contributed by atoms with Crippen molar-refractivity contribution >= 4 is 56.0 Å². The number of anilines is 1. The Bertz CT molecular complexity index is 809. The predicted octanol–water partition coefficient (Wildman–Crippen LogP) is 4.04. The molecule has 0 radical (unpaired) electrons. The van der Waals surface area contributed by atoms with Gasteiger partial charge in [-0.05, 0) is 36.4 Å². The molecule has 1 saturated heterocycles. The molecule has 0 bridgehead atoms. The predicted molar refractivity (Wildman–Crippen MR) is 105 cm³/mol. The van der Waals surface area contributed by atoms with Gasteiger partial charge in [0.1, 0.15) is 5.25 Å². The Morgan fingerprint density at radius 3 is 2.56 bits per heavy atom. The first-order valence-electron chi connectivity index (χ1n) is 7.66. The highest BCUT2D eigenvalue weighted by atomic mass is 79.9. The number of hydrogen-bond acceptors (Lipinski definition) is 4. The molecule has 3 rings (SSSR count). The monoisotopic (exact) mass is 417 g/mol. The molecule has 1 unspecified atom stereocenters. The second kappa shape index (κ2) is 7.84. The molecule has 1 aliphatic rings. The summed E-state index contributed by atoms with van der Waals surface area (Å²) in [6.45, 7) is 0. The van der Waals surface area contributed by atoms with Crippen LogP contribution in [0.5, 0.6) is 0 Å². The number of carbonyl (C=O) groups is 2. The van der Waals surface area contributed by atoms with E-state index in [2.05, 4.69) is 26.2 Å². The summed E-state index contributed by atoms with van der Waals surface area (Å²) in [6.07, 6.45) is 0.113. The Hall–Kier alpha value is -2.12. The van der Waals surface area contributed by atoms with Crippen molar-refractivity contribution in [3.63, 3.8) is 0 Å². The summed E-state index contributed by atoms with van der Waals surface area (Å²) in [5.41, 5.74) is 1.49. The molecular formula is C18H16BrN3O2S. The van der Waals surface area contributed by atoms with Crippen LogP contribution in [0, 0.1) is 0 Å². The third-order valence-electron chi connectivity index (χ3n) is 3.62. The molecule has 7 heteroatoms. The van der Waals surface area contributed by atoms with E-state index in [0.29, 0.717) is 5.17 Å². The number of amides is 2. The standard InChI is InChI=1S/C18H16BrN3O2S/c1-22-17(24)15(11-16(23)20-13-5-3-2-4-6-13)25-18(22)21-14-9-7-12(19)8-10-14/h2-10,15H,11H2,1H3,(H,20,23). The quantitative estimate of drug-likeness (QED) is 0.816. The number of thioether (sulfide) groups is 1. The largest absolute Gasteiger partial charge is 0.326 e. The summed E-state index contributed by atoms with van der Waals surface area (Å²) in [5, 5.41) is 2.95. The summed E-state index contributed by atoms with van der Waals surface area (Å²) < 4.78 is 0.968. The number of aliphatic imine (C=N–C) groups is 1. The minimum Gasteiger partial charge on any atom is -0.326 e. The highest BCUT2D eigenvalue weighted by molar-refractivity contribution is 9.10. The van der Waals surface area contributed by atoms with Crippen LogP contribution in [-0.4, -0.2) is 34.2 Å². The van der Waals surface area contributed by atoms with E-state index in [1.54, 1.807) is 7.05 Å². The van der Waals surface area contributed by atoms with E-state index < -0.39 is 5.25 Å². The lowest BCUT2D eigenvalue weighted by Gasteiger charge is -2.09. The van der Waals surface area contributed by atoms with Gasteiger partial charge in [-0.15, -0.1) is 0 Å². The molecule has 1 heterocycles. The molecule has 0 spiro atoms. The van der Waals surface area contributed by atoms with Crippen LogP contribution < -0.4 is 5.32 Å². The van der Waals surface area contributed by atoms with Crippen LogP contribution in [0.3, 0.4) is 0 Å². The zero-order chi connectivity index (χ0) is 17.8. The maximum Gasteiger partial charge on any atom is 0.242 e. The summed E-state index contributed by atoms with van der Waals surface area (Å²) in [4.78, 5) is 30.6. The Morgan fingerprint density at radius 2 is 1.88 bits per heavy atom. The lowest BCUT2D eigenvalue weighted by Crippen LogP contribution is -2.30. The molecule has 0 aliphatic carbocycles. The summed E-state index contributed by atoms with van der Waals surface area (Å²) in [7, 11) is 1.68. The molecule has 2 aromatic rings. The number of benzene rings is 2. The van der Waals surface area contributed by atoms with Gasteiger partial charge in [-0.1, -0.05) is 45.9 Å². The molecule has 1 N–H and O–H groups in total. The van der Waals surface area contributed by atoms with Crippen LogP contribution in [0.2, 0.25) is 0 Å². The second-order valence-corrected chi connectivity index (χ2v) is 7.58. The van der Waals surface area contributed by atoms with Gasteiger partial charge in [0.2, 0.25) is 11.8 Å². The normalized spacial score (nSPS) is 18.6. The van der Waals surface area contributed by atoms with Crippen molar-refractivity contribution in [1.82, 2.24) is 4.90 Å². The lowest BCUT2D eigenvalue weighted by atomic mass is 10.2. The minimum atomic E-state index is -0.456. The molecule has 5 nitrogen and oxygen atoms in total. The molecule has 1 aliphatic heterocycles. The fourth-order valence-electron chi connectivity index (χ4n) is 2.33. The van der Waals surface area contributed by atoms with Crippen molar-refractivity contribution in [3.05, 3.63) is 59.1 Å². The molecule has 1 atom stereocenters. The summed E-state index contributed by atoms with van der Waals surface area (Å²) in [6, 6.07) is 16.7. The average molecular weight is 418 g/mol. The van der Waals surface area contributed by atoms with E-state index in [-0.39, 0.29) is 18.2 Å². The van der Waals surface area contributed by atoms with Crippen molar-refractivity contribution < 1.29 is 9.59 Å². The lowest BCUT2D eigenvalue weighted by molar-refractivity contribution is -0.127. The first-order valence-corrected chi connectivity index (χ1v) is 9.33.